The zero-order valence-corrected chi connectivity index (χ0v) is 26.7. The fourth-order valence-corrected chi connectivity index (χ4v) is 6.19. The molecule has 1 fully saturated rings. The van der Waals surface area contributed by atoms with E-state index in [4.69, 9.17) is 14.2 Å². The molecule has 5 rings (SSSR count). The Hall–Kier alpha value is -4.30. The number of rotatable bonds is 12. The van der Waals surface area contributed by atoms with Gasteiger partial charge in [-0.05, 0) is 32.7 Å². The van der Waals surface area contributed by atoms with Crippen molar-refractivity contribution in [3.8, 4) is 0 Å². The van der Waals surface area contributed by atoms with E-state index in [1.54, 1.807) is 11.7 Å². The Morgan fingerprint density at radius 1 is 0.978 bits per heavy atom. The van der Waals surface area contributed by atoms with Crippen molar-refractivity contribution in [2.24, 2.45) is 13.0 Å². The van der Waals surface area contributed by atoms with Gasteiger partial charge in [0.2, 0.25) is 5.16 Å². The Bertz CT molecular complexity index is 1570. The monoisotopic (exact) mass is 646 g/mol. The highest BCUT2D eigenvalue weighted by Gasteiger charge is 2.38. The number of amides is 2. The van der Waals surface area contributed by atoms with Crippen LogP contribution in [0.1, 0.15) is 47.1 Å². The molecule has 242 valence electrons. The normalized spacial score (nSPS) is 20.1. The number of ether oxygens (including phenoxy) is 3. The number of hydrogen-bond donors (Lipinski definition) is 3. The van der Waals surface area contributed by atoms with Crippen molar-refractivity contribution < 1.29 is 28.9 Å². The third-order valence-corrected chi connectivity index (χ3v) is 8.96. The minimum Gasteiger partial charge on any atom is -0.467 e. The lowest BCUT2D eigenvalue weighted by Gasteiger charge is -2.41. The summed E-state index contributed by atoms with van der Waals surface area (Å²) in [5.74, 6) is 0.120. The summed E-state index contributed by atoms with van der Waals surface area (Å²) in [5.41, 5.74) is 4.43. The SMILES string of the molecule is COC(=O)[C@H](Cc1ccccc1)NC(=O)NCc1ccc([C@H]2O[C@@H](CSc3nnnn3C)[C@@H](C)[C@@H](c3ccc(CO)cc3)O2)cc1. The van der Waals surface area contributed by atoms with Crippen LogP contribution in [0.5, 0.6) is 0 Å². The van der Waals surface area contributed by atoms with Crippen molar-refractivity contribution >= 4 is 23.8 Å². The van der Waals surface area contributed by atoms with Gasteiger partial charge >= 0.3 is 12.0 Å². The second-order valence-corrected chi connectivity index (χ2v) is 12.0. The lowest BCUT2D eigenvalue weighted by atomic mass is 9.91. The zero-order chi connectivity index (χ0) is 32.5. The summed E-state index contributed by atoms with van der Waals surface area (Å²) in [6.07, 6.45) is -0.743. The molecule has 0 aliphatic carbocycles. The number of urea groups is 1. The van der Waals surface area contributed by atoms with Crippen LogP contribution in [0.3, 0.4) is 0 Å². The average molecular weight is 647 g/mol. The van der Waals surface area contributed by atoms with Gasteiger partial charge in [-0.15, -0.1) is 5.10 Å². The first-order chi connectivity index (χ1) is 22.3. The maximum atomic E-state index is 12.7. The van der Waals surface area contributed by atoms with Gasteiger partial charge in [0.1, 0.15) is 6.04 Å². The van der Waals surface area contributed by atoms with Crippen LogP contribution in [-0.4, -0.2) is 62.3 Å². The van der Waals surface area contributed by atoms with Crippen LogP contribution in [0.15, 0.2) is 84.0 Å². The molecule has 4 aromatic rings. The van der Waals surface area contributed by atoms with Crippen molar-refractivity contribution in [3.05, 3.63) is 107 Å². The maximum absolute atomic E-state index is 12.7. The van der Waals surface area contributed by atoms with Crippen LogP contribution < -0.4 is 10.6 Å². The molecule has 46 heavy (non-hydrogen) atoms. The molecule has 1 aliphatic heterocycles. The van der Waals surface area contributed by atoms with Crippen molar-refractivity contribution in [2.45, 2.75) is 56.2 Å². The second-order valence-electron chi connectivity index (χ2n) is 11.1. The van der Waals surface area contributed by atoms with E-state index in [1.165, 1.54) is 18.9 Å². The first-order valence-electron chi connectivity index (χ1n) is 14.9. The Balaban J connectivity index is 1.23. The quantitative estimate of drug-likeness (QED) is 0.153. The fourth-order valence-electron chi connectivity index (χ4n) is 5.18. The summed E-state index contributed by atoms with van der Waals surface area (Å²) in [4.78, 5) is 25.0. The van der Waals surface area contributed by atoms with Gasteiger partial charge < -0.3 is 30.0 Å². The topological polar surface area (TPSA) is 150 Å². The lowest BCUT2D eigenvalue weighted by molar-refractivity contribution is -0.268. The number of methoxy groups -OCH3 is 1. The van der Waals surface area contributed by atoms with Gasteiger partial charge in [0, 0.05) is 37.2 Å². The van der Waals surface area contributed by atoms with E-state index >= 15 is 0 Å². The molecular weight excluding hydrogens is 608 g/mol. The van der Waals surface area contributed by atoms with Crippen LogP contribution in [0.25, 0.3) is 0 Å². The molecule has 3 aromatic carbocycles. The summed E-state index contributed by atoms with van der Waals surface area (Å²) in [5, 5.41) is 27.5. The number of thioether (sulfide) groups is 1. The number of aliphatic hydroxyl groups excluding tert-OH is 1. The predicted molar refractivity (Wildman–Crippen MR) is 170 cm³/mol. The number of benzene rings is 3. The Morgan fingerprint density at radius 2 is 1.67 bits per heavy atom. The Morgan fingerprint density at radius 3 is 2.33 bits per heavy atom. The van der Waals surface area contributed by atoms with E-state index in [-0.39, 0.29) is 31.3 Å². The predicted octanol–water partition coefficient (Wildman–Crippen LogP) is 3.87. The Kier molecular flexibility index (Phi) is 11.4. The molecule has 1 aliphatic rings. The van der Waals surface area contributed by atoms with Gasteiger partial charge in [-0.25, -0.2) is 14.3 Å². The number of aromatic nitrogens is 4. The van der Waals surface area contributed by atoms with Crippen molar-refractivity contribution in [3.63, 3.8) is 0 Å². The first-order valence-corrected chi connectivity index (χ1v) is 15.9. The van der Waals surface area contributed by atoms with Crippen LogP contribution in [0.2, 0.25) is 0 Å². The number of nitrogens with one attached hydrogen (secondary N) is 2. The van der Waals surface area contributed by atoms with Gasteiger partial charge in [0.15, 0.2) is 6.29 Å². The highest BCUT2D eigenvalue weighted by atomic mass is 32.2. The fraction of sp³-hybridized carbons (Fsp3) is 0.364. The highest BCUT2D eigenvalue weighted by Crippen LogP contribution is 2.42. The smallest absolute Gasteiger partial charge is 0.328 e. The van der Waals surface area contributed by atoms with E-state index in [0.29, 0.717) is 17.3 Å². The van der Waals surface area contributed by atoms with Crippen LogP contribution in [-0.2, 0) is 45.6 Å². The molecule has 0 unspecified atom stereocenters. The van der Waals surface area contributed by atoms with Gasteiger partial charge in [0.05, 0.1) is 25.9 Å². The number of esters is 1. The molecule has 0 spiro atoms. The molecule has 1 saturated heterocycles. The average Bonchev–Trinajstić information content (AvgIpc) is 3.51. The number of aryl methyl sites for hydroxylation is 1. The van der Waals surface area contributed by atoms with Crippen LogP contribution in [0.4, 0.5) is 4.79 Å². The first kappa shape index (κ1) is 33.1. The largest absolute Gasteiger partial charge is 0.467 e. The zero-order valence-electron chi connectivity index (χ0n) is 25.9. The molecule has 2 heterocycles. The molecule has 2 amide bonds. The number of aliphatic hydroxyl groups is 1. The number of tetrazole rings is 1. The van der Waals surface area contributed by atoms with E-state index < -0.39 is 24.3 Å². The minimum absolute atomic E-state index is 0.0163. The minimum atomic E-state index is -0.818. The summed E-state index contributed by atoms with van der Waals surface area (Å²) in [7, 11) is 3.10. The number of carbonyl (C=O) groups excluding carboxylic acids is 2. The molecule has 3 N–H and O–H groups in total. The summed E-state index contributed by atoms with van der Waals surface area (Å²) in [6, 6.07) is 23.6. The van der Waals surface area contributed by atoms with Gasteiger partial charge in [-0.3, -0.25) is 0 Å². The van der Waals surface area contributed by atoms with Gasteiger partial charge in [0.25, 0.3) is 0 Å². The molecule has 1 aromatic heterocycles. The number of nitrogens with zero attached hydrogens (tertiary/aromatic N) is 4. The molecule has 12 nitrogen and oxygen atoms in total. The molecule has 13 heteroatoms. The molecule has 0 radical (unpaired) electrons. The molecular formula is C33H38N6O6S. The maximum Gasteiger partial charge on any atom is 0.328 e. The van der Waals surface area contributed by atoms with E-state index in [1.807, 2.05) is 78.9 Å². The summed E-state index contributed by atoms with van der Waals surface area (Å²) < 4.78 is 19.6. The third kappa shape index (κ3) is 8.49. The van der Waals surface area contributed by atoms with Crippen molar-refractivity contribution in [2.75, 3.05) is 12.9 Å². The second kappa shape index (κ2) is 15.8. The summed E-state index contributed by atoms with van der Waals surface area (Å²) in [6.45, 7) is 2.32. The number of hydrogen-bond acceptors (Lipinski definition) is 10. The molecule has 0 bridgehead atoms. The van der Waals surface area contributed by atoms with Gasteiger partial charge in [-0.2, -0.15) is 0 Å². The molecule has 5 atom stereocenters. The van der Waals surface area contributed by atoms with Crippen LogP contribution in [0, 0.1) is 5.92 Å². The van der Waals surface area contributed by atoms with Gasteiger partial charge in [-0.1, -0.05) is 97.5 Å². The van der Waals surface area contributed by atoms with E-state index in [0.717, 1.165) is 27.8 Å². The Labute approximate surface area is 271 Å². The standard InChI is InChI=1S/C33H38N6O6S/c1-21-28(20-46-33-36-37-38-39(33)2)44-31(45-29(21)25-13-11-24(19-40)12-14-25)26-15-9-23(10-16-26)18-34-32(42)35-27(30(41)43-3)17-22-7-5-4-6-8-22/h4-16,21,27-29,31,40H,17-20H2,1-3H3,(H2,34,35,42)/t21-,27+,28+,29+,31+/m1/s1. The van der Waals surface area contributed by atoms with Crippen molar-refractivity contribution in [1.82, 2.24) is 30.8 Å². The van der Waals surface area contributed by atoms with E-state index in [9.17, 15) is 14.7 Å². The molecule has 0 saturated carbocycles. The van der Waals surface area contributed by atoms with E-state index in [2.05, 4.69) is 33.1 Å². The summed E-state index contributed by atoms with van der Waals surface area (Å²) >= 11 is 1.52. The van der Waals surface area contributed by atoms with Crippen molar-refractivity contribution in [1.29, 1.82) is 0 Å². The van der Waals surface area contributed by atoms with Crippen LogP contribution >= 0.6 is 11.8 Å². The third-order valence-electron chi connectivity index (χ3n) is 7.86. The highest BCUT2D eigenvalue weighted by molar-refractivity contribution is 7.99. The number of carbonyl (C=O) groups is 2. The lowest BCUT2D eigenvalue weighted by Crippen LogP contribution is -2.47.